The first kappa shape index (κ1) is 13.7. The maximum Gasteiger partial charge on any atom is 0.122 e. The summed E-state index contributed by atoms with van der Waals surface area (Å²) in [6, 6.07) is 7.69. The van der Waals surface area contributed by atoms with Crippen LogP contribution < -0.4 is 5.73 Å². The zero-order chi connectivity index (χ0) is 12.8. The highest BCUT2D eigenvalue weighted by atomic mass is 16.3. The second kappa shape index (κ2) is 6.37. The second-order valence-corrected chi connectivity index (χ2v) is 4.49. The predicted octanol–water partition coefficient (Wildman–Crippen LogP) is 1.17. The van der Waals surface area contributed by atoms with Gasteiger partial charge in [-0.1, -0.05) is 24.3 Å². The molecule has 1 unspecified atom stereocenters. The van der Waals surface area contributed by atoms with Gasteiger partial charge in [0, 0.05) is 18.7 Å². The van der Waals surface area contributed by atoms with Gasteiger partial charge < -0.3 is 15.7 Å². The number of rotatable bonds is 6. The number of aliphatic hydroxyl groups is 1. The molecule has 0 aliphatic carbocycles. The van der Waals surface area contributed by atoms with Gasteiger partial charge in [-0.25, -0.2) is 0 Å². The third-order valence-electron chi connectivity index (χ3n) is 2.65. The fourth-order valence-corrected chi connectivity index (χ4v) is 1.59. The minimum atomic E-state index is -0.252. The number of nitrogens with two attached hydrogens (primary N) is 1. The van der Waals surface area contributed by atoms with E-state index in [0.29, 0.717) is 0 Å². The van der Waals surface area contributed by atoms with Gasteiger partial charge >= 0.3 is 0 Å². The molecule has 0 heterocycles. The Kier molecular flexibility index (Phi) is 5.12. The molecule has 0 spiro atoms. The van der Waals surface area contributed by atoms with Gasteiger partial charge in [-0.05, 0) is 26.0 Å². The monoisotopic (exact) mass is 235 g/mol. The molecule has 1 aromatic rings. The van der Waals surface area contributed by atoms with Crippen molar-refractivity contribution in [2.24, 2.45) is 5.73 Å². The molecule has 0 aliphatic rings. The van der Waals surface area contributed by atoms with Crippen molar-refractivity contribution in [1.82, 2.24) is 4.90 Å². The zero-order valence-electron chi connectivity index (χ0n) is 10.5. The molecule has 0 fully saturated rings. The largest absolute Gasteiger partial charge is 0.393 e. The summed E-state index contributed by atoms with van der Waals surface area (Å²) in [5.41, 5.74) is 7.32. The van der Waals surface area contributed by atoms with Crippen LogP contribution in [0.5, 0.6) is 0 Å². The van der Waals surface area contributed by atoms with E-state index in [2.05, 4.69) is 4.90 Å². The SMILES string of the molecule is CC(O)CCN(C)Cc1ccc(C(=N)N)cc1. The van der Waals surface area contributed by atoms with E-state index >= 15 is 0 Å². The molecule has 4 nitrogen and oxygen atoms in total. The minimum absolute atomic E-state index is 0.0963. The molecular weight excluding hydrogens is 214 g/mol. The van der Waals surface area contributed by atoms with Crippen LogP contribution in [0.25, 0.3) is 0 Å². The maximum absolute atomic E-state index is 9.20. The topological polar surface area (TPSA) is 73.3 Å². The van der Waals surface area contributed by atoms with Gasteiger partial charge in [0.05, 0.1) is 6.10 Å². The molecule has 0 aromatic heterocycles. The highest BCUT2D eigenvalue weighted by molar-refractivity contribution is 5.94. The zero-order valence-corrected chi connectivity index (χ0v) is 10.5. The molecular formula is C13H21N3O. The van der Waals surface area contributed by atoms with Crippen LogP contribution in [-0.4, -0.2) is 35.5 Å². The standard InChI is InChI=1S/C13H21N3O/c1-10(17)7-8-16(2)9-11-3-5-12(6-4-11)13(14)15/h3-6,10,17H,7-9H2,1-2H3,(H3,14,15). The van der Waals surface area contributed by atoms with Gasteiger partial charge in [-0.15, -0.1) is 0 Å². The van der Waals surface area contributed by atoms with Gasteiger partial charge in [0.25, 0.3) is 0 Å². The number of hydrogen-bond acceptors (Lipinski definition) is 3. The van der Waals surface area contributed by atoms with Crippen molar-refractivity contribution in [2.45, 2.75) is 26.0 Å². The molecule has 17 heavy (non-hydrogen) atoms. The van der Waals surface area contributed by atoms with E-state index < -0.39 is 0 Å². The van der Waals surface area contributed by atoms with E-state index in [1.54, 1.807) is 6.92 Å². The average Bonchev–Trinajstić information content (AvgIpc) is 2.27. The van der Waals surface area contributed by atoms with Crippen molar-refractivity contribution >= 4 is 5.84 Å². The molecule has 0 aliphatic heterocycles. The maximum atomic E-state index is 9.20. The van der Waals surface area contributed by atoms with E-state index in [4.69, 9.17) is 11.1 Å². The highest BCUT2D eigenvalue weighted by Gasteiger charge is 2.03. The fourth-order valence-electron chi connectivity index (χ4n) is 1.59. The lowest BCUT2D eigenvalue weighted by atomic mass is 10.1. The van der Waals surface area contributed by atoms with Crippen LogP contribution in [0, 0.1) is 5.41 Å². The van der Waals surface area contributed by atoms with Crippen LogP contribution in [0.3, 0.4) is 0 Å². The van der Waals surface area contributed by atoms with E-state index in [9.17, 15) is 5.11 Å². The average molecular weight is 235 g/mol. The molecule has 1 aromatic carbocycles. The predicted molar refractivity (Wildman–Crippen MR) is 70.1 cm³/mol. The first-order chi connectivity index (χ1) is 7.99. The Bertz CT molecular complexity index is 359. The number of nitrogen functional groups attached to an aromatic ring is 1. The minimum Gasteiger partial charge on any atom is -0.393 e. The van der Waals surface area contributed by atoms with Crippen LogP contribution >= 0.6 is 0 Å². The van der Waals surface area contributed by atoms with Gasteiger partial charge in [-0.2, -0.15) is 0 Å². The van der Waals surface area contributed by atoms with Crippen LogP contribution in [0.15, 0.2) is 24.3 Å². The quantitative estimate of drug-likeness (QED) is 0.512. The van der Waals surface area contributed by atoms with E-state index in [1.807, 2.05) is 31.3 Å². The molecule has 0 radical (unpaired) electrons. The number of aliphatic hydroxyl groups excluding tert-OH is 1. The van der Waals surface area contributed by atoms with Crippen molar-refractivity contribution in [3.8, 4) is 0 Å². The Morgan fingerprint density at radius 2 is 2.00 bits per heavy atom. The molecule has 0 saturated heterocycles. The van der Waals surface area contributed by atoms with Gasteiger partial charge in [-0.3, -0.25) is 5.41 Å². The van der Waals surface area contributed by atoms with E-state index in [1.165, 1.54) is 5.56 Å². The Balaban J connectivity index is 2.48. The highest BCUT2D eigenvalue weighted by Crippen LogP contribution is 2.07. The summed E-state index contributed by atoms with van der Waals surface area (Å²) in [5.74, 6) is 0.0963. The molecule has 0 amide bonds. The van der Waals surface area contributed by atoms with Crippen LogP contribution in [-0.2, 0) is 6.54 Å². The summed E-state index contributed by atoms with van der Waals surface area (Å²) >= 11 is 0. The van der Waals surface area contributed by atoms with Crippen molar-refractivity contribution in [1.29, 1.82) is 5.41 Å². The summed E-state index contributed by atoms with van der Waals surface area (Å²) in [5, 5.41) is 16.5. The molecule has 4 heteroatoms. The number of benzene rings is 1. The lowest BCUT2D eigenvalue weighted by Crippen LogP contribution is -2.22. The smallest absolute Gasteiger partial charge is 0.122 e. The normalized spacial score (nSPS) is 12.7. The van der Waals surface area contributed by atoms with Gasteiger partial charge in [0.15, 0.2) is 0 Å². The van der Waals surface area contributed by atoms with E-state index in [-0.39, 0.29) is 11.9 Å². The third kappa shape index (κ3) is 4.97. The Morgan fingerprint density at radius 3 is 2.47 bits per heavy atom. The molecule has 1 atom stereocenters. The van der Waals surface area contributed by atoms with Crippen LogP contribution in [0.1, 0.15) is 24.5 Å². The summed E-state index contributed by atoms with van der Waals surface area (Å²) in [7, 11) is 2.03. The molecule has 4 N–H and O–H groups in total. The summed E-state index contributed by atoms with van der Waals surface area (Å²) in [4.78, 5) is 2.16. The Labute approximate surface area is 103 Å². The van der Waals surface area contributed by atoms with Crippen LogP contribution in [0.4, 0.5) is 0 Å². The van der Waals surface area contributed by atoms with Crippen molar-refractivity contribution in [2.75, 3.05) is 13.6 Å². The molecule has 0 bridgehead atoms. The van der Waals surface area contributed by atoms with Crippen LogP contribution in [0.2, 0.25) is 0 Å². The number of nitrogens with zero attached hydrogens (tertiary/aromatic N) is 1. The second-order valence-electron chi connectivity index (χ2n) is 4.49. The van der Waals surface area contributed by atoms with Crippen molar-refractivity contribution in [3.05, 3.63) is 35.4 Å². The lowest BCUT2D eigenvalue weighted by Gasteiger charge is -2.17. The summed E-state index contributed by atoms with van der Waals surface area (Å²) < 4.78 is 0. The van der Waals surface area contributed by atoms with Crippen molar-refractivity contribution in [3.63, 3.8) is 0 Å². The Hall–Kier alpha value is -1.39. The lowest BCUT2D eigenvalue weighted by molar-refractivity contribution is 0.163. The Morgan fingerprint density at radius 1 is 1.41 bits per heavy atom. The summed E-state index contributed by atoms with van der Waals surface area (Å²) in [6.07, 6.45) is 0.528. The third-order valence-corrected chi connectivity index (χ3v) is 2.65. The number of nitrogens with one attached hydrogen (secondary N) is 1. The fraction of sp³-hybridized carbons (Fsp3) is 0.462. The number of amidine groups is 1. The number of hydrogen-bond donors (Lipinski definition) is 3. The first-order valence-electron chi connectivity index (χ1n) is 5.79. The first-order valence-corrected chi connectivity index (χ1v) is 5.79. The van der Waals surface area contributed by atoms with Gasteiger partial charge in [0.1, 0.15) is 5.84 Å². The van der Waals surface area contributed by atoms with Gasteiger partial charge in [0.2, 0.25) is 0 Å². The van der Waals surface area contributed by atoms with E-state index in [0.717, 1.165) is 25.1 Å². The summed E-state index contributed by atoms with van der Waals surface area (Å²) in [6.45, 7) is 3.51. The molecule has 0 saturated carbocycles. The molecule has 1 rings (SSSR count). The van der Waals surface area contributed by atoms with Crippen molar-refractivity contribution < 1.29 is 5.11 Å². The molecule has 94 valence electrons.